The monoisotopic (exact) mass is 251 g/mol. The van der Waals surface area contributed by atoms with Crippen LogP contribution in [0.15, 0.2) is 11.5 Å². The Morgan fingerprint density at radius 2 is 2.11 bits per heavy atom. The Morgan fingerprint density at radius 3 is 2.72 bits per heavy atom. The second kappa shape index (κ2) is 3.63. The minimum atomic E-state index is -0.871. The molecule has 2 heterocycles. The minimum absolute atomic E-state index is 0.0940. The summed E-state index contributed by atoms with van der Waals surface area (Å²) in [6.45, 7) is 4.27. The van der Waals surface area contributed by atoms with Gasteiger partial charge in [-0.05, 0) is 26.7 Å². The van der Waals surface area contributed by atoms with Gasteiger partial charge in [0.1, 0.15) is 5.76 Å². The number of allylic oxidation sites excluding steroid dienone is 2. The average Bonchev–Trinajstić information content (AvgIpc) is 3.04. The summed E-state index contributed by atoms with van der Waals surface area (Å²) in [7, 11) is 0. The third-order valence-corrected chi connectivity index (χ3v) is 3.68. The van der Waals surface area contributed by atoms with Gasteiger partial charge in [0.25, 0.3) is 5.91 Å². The molecule has 2 fully saturated rings. The summed E-state index contributed by atoms with van der Waals surface area (Å²) in [5, 5.41) is 5.69. The van der Waals surface area contributed by atoms with Crippen LogP contribution in [0.2, 0.25) is 0 Å². The van der Waals surface area contributed by atoms with Crippen molar-refractivity contribution in [3.05, 3.63) is 11.5 Å². The van der Waals surface area contributed by atoms with E-state index in [9.17, 15) is 9.59 Å². The van der Waals surface area contributed by atoms with E-state index in [1.807, 2.05) is 6.92 Å². The zero-order valence-corrected chi connectivity index (χ0v) is 10.6. The summed E-state index contributed by atoms with van der Waals surface area (Å²) in [6, 6.07) is 0.238. The molecule has 1 spiro atoms. The largest absolute Gasteiger partial charge is 0.476 e. The van der Waals surface area contributed by atoms with Crippen molar-refractivity contribution in [1.29, 1.82) is 0 Å². The van der Waals surface area contributed by atoms with Crippen LogP contribution >= 0.6 is 0 Å². The Balaban J connectivity index is 1.63. The number of amides is 3. The molecule has 2 N–H and O–H groups in total. The van der Waals surface area contributed by atoms with E-state index in [1.165, 1.54) is 0 Å². The number of nitrogens with zero attached hydrogens (tertiary/aromatic N) is 1. The molecule has 0 unspecified atom stereocenters. The van der Waals surface area contributed by atoms with Crippen LogP contribution in [0.25, 0.3) is 0 Å². The highest BCUT2D eigenvalue weighted by molar-refractivity contribution is 5.91. The van der Waals surface area contributed by atoms with Crippen LogP contribution < -0.4 is 10.6 Å². The van der Waals surface area contributed by atoms with Gasteiger partial charge in [-0.15, -0.1) is 0 Å². The summed E-state index contributed by atoms with van der Waals surface area (Å²) in [5.41, 5.74) is -0.128. The lowest BCUT2D eigenvalue weighted by atomic mass is 9.91. The molecule has 1 aliphatic carbocycles. The maximum atomic E-state index is 11.9. The molecule has 0 aromatic heterocycles. The van der Waals surface area contributed by atoms with Gasteiger partial charge in [0.05, 0.1) is 18.8 Å². The van der Waals surface area contributed by atoms with Gasteiger partial charge in [0.15, 0.2) is 0 Å². The summed E-state index contributed by atoms with van der Waals surface area (Å²) in [4.78, 5) is 25.3. The molecule has 0 bridgehead atoms. The summed E-state index contributed by atoms with van der Waals surface area (Å²) < 4.78 is 5.68. The van der Waals surface area contributed by atoms with Crippen molar-refractivity contribution < 1.29 is 14.3 Å². The van der Waals surface area contributed by atoms with Crippen LogP contribution in [0.4, 0.5) is 4.79 Å². The molecule has 0 aromatic rings. The van der Waals surface area contributed by atoms with E-state index in [0.717, 1.165) is 24.3 Å². The lowest BCUT2D eigenvalue weighted by Crippen LogP contribution is -2.73. The molecule has 3 rings (SSSR count). The minimum Gasteiger partial charge on any atom is -0.476 e. The number of hydrogen-bond acceptors (Lipinski definition) is 3. The zero-order valence-electron chi connectivity index (χ0n) is 10.6. The molecule has 1 saturated heterocycles. The second-order valence-corrected chi connectivity index (χ2v) is 5.31. The van der Waals surface area contributed by atoms with Crippen molar-refractivity contribution in [2.75, 3.05) is 13.1 Å². The molecule has 1 saturated carbocycles. The van der Waals surface area contributed by atoms with Crippen LogP contribution in [-0.2, 0) is 9.53 Å². The number of nitrogens with one attached hydrogen (secondary N) is 2. The molecule has 98 valence electrons. The number of rotatable bonds is 1. The third kappa shape index (κ3) is 1.72. The molecule has 2 aliphatic heterocycles. The molecule has 18 heavy (non-hydrogen) atoms. The van der Waals surface area contributed by atoms with Gasteiger partial charge in [0.2, 0.25) is 5.60 Å². The summed E-state index contributed by atoms with van der Waals surface area (Å²) in [6.07, 6.45) is 2.12. The van der Waals surface area contributed by atoms with Crippen molar-refractivity contribution >= 4 is 11.9 Å². The van der Waals surface area contributed by atoms with Crippen LogP contribution in [-0.4, -0.2) is 41.6 Å². The number of carbonyl (C=O) groups excluding carboxylic acids is 2. The Morgan fingerprint density at radius 1 is 1.44 bits per heavy atom. The Kier molecular flexibility index (Phi) is 2.30. The highest BCUT2D eigenvalue weighted by Gasteiger charge is 2.55. The van der Waals surface area contributed by atoms with Crippen molar-refractivity contribution in [2.45, 2.75) is 38.3 Å². The van der Waals surface area contributed by atoms with Crippen LogP contribution in [0.3, 0.4) is 0 Å². The Labute approximate surface area is 105 Å². The highest BCUT2D eigenvalue weighted by atomic mass is 16.5. The number of urea groups is 1. The van der Waals surface area contributed by atoms with Crippen molar-refractivity contribution in [1.82, 2.24) is 15.5 Å². The molecule has 6 nitrogen and oxygen atoms in total. The fourth-order valence-corrected chi connectivity index (χ4v) is 2.20. The van der Waals surface area contributed by atoms with Crippen LogP contribution in [0.1, 0.15) is 26.7 Å². The molecule has 0 atom stereocenters. The smallest absolute Gasteiger partial charge is 0.317 e. The fourth-order valence-electron chi connectivity index (χ4n) is 2.20. The van der Waals surface area contributed by atoms with E-state index in [4.69, 9.17) is 4.74 Å². The molecular weight excluding hydrogens is 234 g/mol. The predicted molar refractivity (Wildman–Crippen MR) is 63.5 cm³/mol. The first-order valence-electron chi connectivity index (χ1n) is 6.23. The standard InChI is InChI=1S/C12H17N3O3/c1-7-8(2)18-12(10(16)13-7)5-15(6-12)11(17)14-9-3-4-9/h9H,3-6H2,1-2H3,(H,13,16)(H,14,17). The van der Waals surface area contributed by atoms with Gasteiger partial charge in [-0.3, -0.25) is 4.79 Å². The first kappa shape index (κ1) is 11.4. The fraction of sp³-hybridized carbons (Fsp3) is 0.667. The van der Waals surface area contributed by atoms with Gasteiger partial charge in [-0.2, -0.15) is 0 Å². The summed E-state index contributed by atoms with van der Waals surface area (Å²) in [5.74, 6) is 0.568. The normalized spacial score (nSPS) is 25.4. The molecule has 0 aromatic carbocycles. The lowest BCUT2D eigenvalue weighted by molar-refractivity contribution is -0.161. The molecule has 3 aliphatic rings. The van der Waals surface area contributed by atoms with Gasteiger partial charge >= 0.3 is 6.03 Å². The van der Waals surface area contributed by atoms with Crippen molar-refractivity contribution in [2.24, 2.45) is 0 Å². The van der Waals surface area contributed by atoms with Gasteiger partial charge < -0.3 is 20.3 Å². The van der Waals surface area contributed by atoms with Crippen LogP contribution in [0.5, 0.6) is 0 Å². The average molecular weight is 251 g/mol. The SMILES string of the molecule is CC1=C(C)OC2(CN(C(=O)NC3CC3)C2)C(=O)N1. The van der Waals surface area contributed by atoms with E-state index in [0.29, 0.717) is 19.1 Å². The van der Waals surface area contributed by atoms with E-state index < -0.39 is 5.60 Å². The lowest BCUT2D eigenvalue weighted by Gasteiger charge is -2.49. The topological polar surface area (TPSA) is 70.7 Å². The van der Waals surface area contributed by atoms with Gasteiger partial charge in [0, 0.05) is 6.04 Å². The number of carbonyl (C=O) groups is 2. The highest BCUT2D eigenvalue weighted by Crippen LogP contribution is 2.32. The van der Waals surface area contributed by atoms with Crippen LogP contribution in [0, 0.1) is 0 Å². The Bertz CT molecular complexity index is 447. The number of ether oxygens (including phenoxy) is 1. The quantitative estimate of drug-likeness (QED) is 0.704. The zero-order chi connectivity index (χ0) is 12.9. The van der Waals surface area contributed by atoms with E-state index >= 15 is 0 Å². The second-order valence-electron chi connectivity index (χ2n) is 5.31. The van der Waals surface area contributed by atoms with E-state index in [-0.39, 0.29) is 11.9 Å². The van der Waals surface area contributed by atoms with Crippen molar-refractivity contribution in [3.8, 4) is 0 Å². The van der Waals surface area contributed by atoms with Gasteiger partial charge in [-0.25, -0.2) is 4.79 Å². The summed E-state index contributed by atoms with van der Waals surface area (Å²) >= 11 is 0. The van der Waals surface area contributed by atoms with Gasteiger partial charge in [-0.1, -0.05) is 0 Å². The predicted octanol–water partition coefficient (Wildman–Crippen LogP) is 0.311. The molecule has 6 heteroatoms. The number of likely N-dealkylation sites (tertiary alicyclic amines) is 1. The molecule has 0 radical (unpaired) electrons. The van der Waals surface area contributed by atoms with Crippen molar-refractivity contribution in [3.63, 3.8) is 0 Å². The van der Waals surface area contributed by atoms with E-state index in [1.54, 1.807) is 11.8 Å². The number of hydrogen-bond donors (Lipinski definition) is 2. The maximum absolute atomic E-state index is 11.9. The third-order valence-electron chi connectivity index (χ3n) is 3.68. The van der Waals surface area contributed by atoms with E-state index in [2.05, 4.69) is 10.6 Å². The maximum Gasteiger partial charge on any atom is 0.317 e. The first-order chi connectivity index (χ1) is 8.50. The molecular formula is C12H17N3O3. The Hall–Kier alpha value is -1.72. The molecule has 3 amide bonds. The first-order valence-corrected chi connectivity index (χ1v) is 6.23.